The summed E-state index contributed by atoms with van der Waals surface area (Å²) in [6.07, 6.45) is -0.0274. The van der Waals surface area contributed by atoms with Crippen LogP contribution in [-0.2, 0) is 4.79 Å². The largest absolute Gasteiger partial charge is 0.481 e. The van der Waals surface area contributed by atoms with Crippen LogP contribution in [0.2, 0.25) is 0 Å². The number of hydrogen-bond acceptors (Lipinski definition) is 3. The van der Waals surface area contributed by atoms with Crippen molar-refractivity contribution in [3.05, 3.63) is 0 Å². The third-order valence-corrected chi connectivity index (χ3v) is 4.33. The molecular formula is C12H22N2O3S. The van der Waals surface area contributed by atoms with E-state index >= 15 is 0 Å². The molecule has 0 aromatic rings. The van der Waals surface area contributed by atoms with Crippen molar-refractivity contribution >= 4 is 23.8 Å². The lowest BCUT2D eigenvalue weighted by atomic mass is 10.0. The van der Waals surface area contributed by atoms with Crippen molar-refractivity contribution in [3.63, 3.8) is 0 Å². The molecule has 0 aromatic heterocycles. The van der Waals surface area contributed by atoms with E-state index in [1.165, 1.54) is 0 Å². The van der Waals surface area contributed by atoms with E-state index in [2.05, 4.69) is 5.32 Å². The number of carbonyl (C=O) groups is 2. The number of nitrogens with zero attached hydrogens (tertiary/aromatic N) is 1. The van der Waals surface area contributed by atoms with E-state index in [0.29, 0.717) is 0 Å². The molecule has 0 bridgehead atoms. The summed E-state index contributed by atoms with van der Waals surface area (Å²) in [5.74, 6) is 1.12. The third kappa shape index (κ3) is 4.40. The van der Waals surface area contributed by atoms with Crippen LogP contribution in [0, 0.1) is 5.92 Å². The van der Waals surface area contributed by atoms with Crippen molar-refractivity contribution < 1.29 is 14.7 Å². The highest BCUT2D eigenvalue weighted by Crippen LogP contribution is 2.16. The van der Waals surface area contributed by atoms with E-state index in [-0.39, 0.29) is 30.5 Å². The molecule has 0 spiro atoms. The van der Waals surface area contributed by atoms with Crippen LogP contribution in [0.4, 0.5) is 4.79 Å². The molecule has 6 heteroatoms. The molecule has 1 heterocycles. The van der Waals surface area contributed by atoms with Gasteiger partial charge in [-0.2, -0.15) is 11.8 Å². The predicted octanol–water partition coefficient (Wildman–Crippen LogP) is 1.63. The van der Waals surface area contributed by atoms with Gasteiger partial charge in [-0.3, -0.25) is 4.79 Å². The maximum absolute atomic E-state index is 12.1. The van der Waals surface area contributed by atoms with Crippen LogP contribution in [0.1, 0.15) is 27.2 Å². The Labute approximate surface area is 112 Å². The van der Waals surface area contributed by atoms with Crippen molar-refractivity contribution in [3.8, 4) is 0 Å². The topological polar surface area (TPSA) is 69.6 Å². The predicted molar refractivity (Wildman–Crippen MR) is 72.9 cm³/mol. The number of rotatable bonds is 4. The van der Waals surface area contributed by atoms with Crippen LogP contribution in [0.15, 0.2) is 0 Å². The number of aliphatic carboxylic acids is 1. The molecule has 0 saturated carbocycles. The van der Waals surface area contributed by atoms with Crippen LogP contribution in [-0.4, -0.2) is 52.1 Å². The zero-order chi connectivity index (χ0) is 13.7. The van der Waals surface area contributed by atoms with Crippen molar-refractivity contribution in [2.45, 2.75) is 39.3 Å². The molecule has 18 heavy (non-hydrogen) atoms. The fourth-order valence-corrected chi connectivity index (χ4v) is 2.93. The molecule has 1 fully saturated rings. The first-order valence-corrected chi connectivity index (χ1v) is 7.44. The van der Waals surface area contributed by atoms with Crippen molar-refractivity contribution in [1.82, 2.24) is 10.2 Å². The number of carbonyl (C=O) groups excluding carboxylic acids is 1. The second-order valence-corrected chi connectivity index (χ2v) is 6.17. The maximum Gasteiger partial charge on any atom is 0.317 e. The SMILES string of the molecule is CC(C)C(CC(=O)O)NC(=O)N1CCSCC1C. The van der Waals surface area contributed by atoms with Crippen LogP contribution in [0.5, 0.6) is 0 Å². The Hall–Kier alpha value is -0.910. The van der Waals surface area contributed by atoms with Gasteiger partial charge in [0.25, 0.3) is 0 Å². The zero-order valence-electron chi connectivity index (χ0n) is 11.2. The molecule has 0 aliphatic carbocycles. The van der Waals surface area contributed by atoms with E-state index in [9.17, 15) is 9.59 Å². The Kier molecular flexibility index (Phi) is 5.78. The number of thioether (sulfide) groups is 1. The maximum atomic E-state index is 12.1. The molecule has 2 N–H and O–H groups in total. The molecular weight excluding hydrogens is 252 g/mol. The fraction of sp³-hybridized carbons (Fsp3) is 0.833. The van der Waals surface area contributed by atoms with E-state index < -0.39 is 5.97 Å². The van der Waals surface area contributed by atoms with E-state index in [1.807, 2.05) is 32.5 Å². The lowest BCUT2D eigenvalue weighted by molar-refractivity contribution is -0.137. The van der Waals surface area contributed by atoms with Crippen LogP contribution >= 0.6 is 11.8 Å². The standard InChI is InChI=1S/C12H22N2O3S/c1-8(2)10(6-11(15)16)13-12(17)14-4-5-18-7-9(14)3/h8-10H,4-7H2,1-3H3,(H,13,17)(H,15,16). The number of amides is 2. The fourth-order valence-electron chi connectivity index (χ4n) is 1.91. The number of carboxylic acid groups (broad SMARTS) is 1. The summed E-state index contributed by atoms with van der Waals surface area (Å²) in [6, 6.07) is -0.235. The second-order valence-electron chi connectivity index (χ2n) is 5.02. The summed E-state index contributed by atoms with van der Waals surface area (Å²) >= 11 is 1.84. The minimum Gasteiger partial charge on any atom is -0.481 e. The van der Waals surface area contributed by atoms with E-state index in [1.54, 1.807) is 4.90 Å². The minimum atomic E-state index is -0.878. The summed E-state index contributed by atoms with van der Waals surface area (Å²) in [5.41, 5.74) is 0. The summed E-state index contributed by atoms with van der Waals surface area (Å²) in [5, 5.41) is 11.7. The first-order chi connectivity index (χ1) is 8.41. The molecule has 5 nitrogen and oxygen atoms in total. The number of nitrogens with one attached hydrogen (secondary N) is 1. The molecule has 2 amide bonds. The van der Waals surface area contributed by atoms with Gasteiger partial charge in [-0.05, 0) is 12.8 Å². The number of carboxylic acids is 1. The molecule has 2 unspecified atom stereocenters. The van der Waals surface area contributed by atoms with Crippen molar-refractivity contribution in [1.29, 1.82) is 0 Å². The van der Waals surface area contributed by atoms with Crippen LogP contribution in [0.25, 0.3) is 0 Å². The molecule has 1 aliphatic rings. The van der Waals surface area contributed by atoms with Gasteiger partial charge >= 0.3 is 12.0 Å². The van der Waals surface area contributed by atoms with Crippen molar-refractivity contribution in [2.75, 3.05) is 18.1 Å². The second kappa shape index (κ2) is 6.87. The molecule has 1 aliphatic heterocycles. The molecule has 104 valence electrons. The van der Waals surface area contributed by atoms with Crippen LogP contribution in [0.3, 0.4) is 0 Å². The molecule has 1 saturated heterocycles. The average molecular weight is 274 g/mol. The summed E-state index contributed by atoms with van der Waals surface area (Å²) in [6.45, 7) is 6.59. The van der Waals surface area contributed by atoms with E-state index in [0.717, 1.165) is 18.1 Å². The van der Waals surface area contributed by atoms with Gasteiger partial charge < -0.3 is 15.3 Å². The Balaban J connectivity index is 2.57. The van der Waals surface area contributed by atoms with Gasteiger partial charge in [0.05, 0.1) is 6.42 Å². The van der Waals surface area contributed by atoms with Gasteiger partial charge in [0.15, 0.2) is 0 Å². The number of urea groups is 1. The van der Waals surface area contributed by atoms with Gasteiger partial charge in [0.1, 0.15) is 0 Å². The Morgan fingerprint density at radius 1 is 1.50 bits per heavy atom. The highest BCUT2D eigenvalue weighted by molar-refractivity contribution is 7.99. The molecule has 0 radical (unpaired) electrons. The van der Waals surface area contributed by atoms with Crippen LogP contribution < -0.4 is 5.32 Å². The first-order valence-electron chi connectivity index (χ1n) is 6.28. The Morgan fingerprint density at radius 2 is 2.17 bits per heavy atom. The first kappa shape index (κ1) is 15.1. The summed E-state index contributed by atoms with van der Waals surface area (Å²) in [4.78, 5) is 24.7. The van der Waals surface area contributed by atoms with Gasteiger partial charge in [0, 0.05) is 30.1 Å². The third-order valence-electron chi connectivity index (χ3n) is 3.14. The minimum absolute atomic E-state index is 0.0274. The Bertz CT molecular complexity index is 310. The van der Waals surface area contributed by atoms with E-state index in [4.69, 9.17) is 5.11 Å². The lowest BCUT2D eigenvalue weighted by Crippen LogP contribution is -2.53. The van der Waals surface area contributed by atoms with Gasteiger partial charge in [-0.25, -0.2) is 4.79 Å². The summed E-state index contributed by atoms with van der Waals surface area (Å²) < 4.78 is 0. The molecule has 2 atom stereocenters. The van der Waals surface area contributed by atoms with Crippen molar-refractivity contribution in [2.24, 2.45) is 5.92 Å². The molecule has 0 aromatic carbocycles. The monoisotopic (exact) mass is 274 g/mol. The highest BCUT2D eigenvalue weighted by Gasteiger charge is 2.27. The zero-order valence-corrected chi connectivity index (χ0v) is 12.0. The average Bonchev–Trinajstić information content (AvgIpc) is 2.27. The number of hydrogen-bond donors (Lipinski definition) is 2. The van der Waals surface area contributed by atoms with Gasteiger partial charge in [-0.15, -0.1) is 0 Å². The quantitative estimate of drug-likeness (QED) is 0.817. The van der Waals surface area contributed by atoms with Gasteiger partial charge in [0.2, 0.25) is 0 Å². The van der Waals surface area contributed by atoms with Gasteiger partial charge in [-0.1, -0.05) is 13.8 Å². The Morgan fingerprint density at radius 3 is 2.67 bits per heavy atom. The highest BCUT2D eigenvalue weighted by atomic mass is 32.2. The normalized spacial score (nSPS) is 21.8. The lowest BCUT2D eigenvalue weighted by Gasteiger charge is -2.34. The summed E-state index contributed by atoms with van der Waals surface area (Å²) in [7, 11) is 0. The molecule has 1 rings (SSSR count). The smallest absolute Gasteiger partial charge is 0.317 e.